The van der Waals surface area contributed by atoms with Crippen molar-refractivity contribution in [3.8, 4) is 0 Å². The first-order valence-corrected chi connectivity index (χ1v) is 4.68. The molecule has 8 nitrogen and oxygen atoms in total. The van der Waals surface area contributed by atoms with Crippen LogP contribution in [0.25, 0.3) is 0 Å². The van der Waals surface area contributed by atoms with Gasteiger partial charge in [0.15, 0.2) is 17.9 Å². The maximum atomic E-state index is 11.5. The fraction of sp³-hybridized carbons (Fsp3) is 0.500. The summed E-state index contributed by atoms with van der Waals surface area (Å²) in [6, 6.07) is -0.440. The molecular weight excluding hydrogens is 216 g/mol. The Hall–Kier alpha value is -1.96. The number of aliphatic hydroxyl groups is 2. The first kappa shape index (κ1) is 10.6. The Morgan fingerprint density at radius 2 is 2.44 bits per heavy atom. The van der Waals surface area contributed by atoms with Gasteiger partial charge >= 0.3 is 6.03 Å². The zero-order chi connectivity index (χ0) is 11.7. The Labute approximate surface area is 91.0 Å². The molecule has 88 valence electrons. The Bertz CT molecular complexity index is 378. The molecule has 0 saturated carbocycles. The van der Waals surface area contributed by atoms with Gasteiger partial charge in [0, 0.05) is 0 Å². The van der Waals surface area contributed by atoms with Gasteiger partial charge in [-0.2, -0.15) is 0 Å². The van der Waals surface area contributed by atoms with Gasteiger partial charge < -0.3 is 20.7 Å². The van der Waals surface area contributed by atoms with E-state index in [-0.39, 0.29) is 30.6 Å². The molecule has 0 unspecified atom stereocenters. The third kappa shape index (κ3) is 1.74. The molecule has 0 fully saturated rings. The third-order valence-corrected chi connectivity index (χ3v) is 2.35. The van der Waals surface area contributed by atoms with Gasteiger partial charge in [-0.25, -0.2) is 9.79 Å². The van der Waals surface area contributed by atoms with E-state index in [2.05, 4.69) is 10.3 Å². The molecule has 0 aromatic rings. The third-order valence-electron chi connectivity index (χ3n) is 2.35. The van der Waals surface area contributed by atoms with Crippen molar-refractivity contribution in [1.29, 1.82) is 0 Å². The summed E-state index contributed by atoms with van der Waals surface area (Å²) in [6.07, 6.45) is -0.516. The van der Waals surface area contributed by atoms with Gasteiger partial charge in [0.1, 0.15) is 19.0 Å². The van der Waals surface area contributed by atoms with Crippen molar-refractivity contribution in [2.75, 3.05) is 13.3 Å². The maximum Gasteiger partial charge on any atom is 0.328 e. The number of carbonyl (C=O) groups is 1. The van der Waals surface area contributed by atoms with Crippen LogP contribution in [0.3, 0.4) is 0 Å². The minimum atomic E-state index is -0.654. The van der Waals surface area contributed by atoms with E-state index in [0.717, 1.165) is 0 Å². The Balaban J connectivity index is 2.04. The standard InChI is InChI=1S/C8H12N4O4/c9-7-10-3-12(8(15)11-7)6-1-4(14)5(2-13)16-6/h6,13-14H,1-3H2,(H3,9,10,11,15)/t6-/m1/s1. The second kappa shape index (κ2) is 3.89. The quantitative estimate of drug-likeness (QED) is 0.472. The average molecular weight is 228 g/mol. The largest absolute Gasteiger partial charge is 0.508 e. The Kier molecular flexibility index (Phi) is 2.57. The van der Waals surface area contributed by atoms with Crippen LogP contribution < -0.4 is 11.1 Å². The van der Waals surface area contributed by atoms with Gasteiger partial charge in [0.2, 0.25) is 0 Å². The van der Waals surface area contributed by atoms with Gasteiger partial charge in [0.25, 0.3) is 0 Å². The van der Waals surface area contributed by atoms with E-state index >= 15 is 0 Å². The van der Waals surface area contributed by atoms with Crippen molar-refractivity contribution in [2.24, 2.45) is 10.7 Å². The highest BCUT2D eigenvalue weighted by Gasteiger charge is 2.34. The van der Waals surface area contributed by atoms with E-state index in [1.807, 2.05) is 0 Å². The molecule has 0 saturated heterocycles. The van der Waals surface area contributed by atoms with Crippen LogP contribution in [0.4, 0.5) is 4.79 Å². The van der Waals surface area contributed by atoms with Crippen molar-refractivity contribution in [3.63, 3.8) is 0 Å². The zero-order valence-corrected chi connectivity index (χ0v) is 8.38. The highest BCUT2D eigenvalue weighted by atomic mass is 16.5. The zero-order valence-electron chi connectivity index (χ0n) is 8.38. The van der Waals surface area contributed by atoms with Crippen LogP contribution in [-0.4, -0.2) is 46.6 Å². The summed E-state index contributed by atoms with van der Waals surface area (Å²) in [5.74, 6) is 0.0851. The Morgan fingerprint density at radius 1 is 1.69 bits per heavy atom. The number of hydrogen-bond donors (Lipinski definition) is 4. The highest BCUT2D eigenvalue weighted by Crippen LogP contribution is 2.25. The minimum Gasteiger partial charge on any atom is -0.508 e. The van der Waals surface area contributed by atoms with E-state index in [0.29, 0.717) is 0 Å². The van der Waals surface area contributed by atoms with Crippen molar-refractivity contribution in [1.82, 2.24) is 10.2 Å². The van der Waals surface area contributed by atoms with Crippen LogP contribution in [0.15, 0.2) is 16.5 Å². The number of amides is 2. The smallest absolute Gasteiger partial charge is 0.328 e. The fourth-order valence-electron chi connectivity index (χ4n) is 1.51. The second-order valence-corrected chi connectivity index (χ2v) is 3.39. The molecule has 0 aromatic heterocycles. The lowest BCUT2D eigenvalue weighted by molar-refractivity contribution is 0.0112. The molecule has 0 aliphatic carbocycles. The van der Waals surface area contributed by atoms with Gasteiger partial charge in [-0.05, 0) is 0 Å². The number of aliphatic imine (C=N–C) groups is 1. The molecule has 2 aliphatic rings. The molecule has 0 aromatic carbocycles. The van der Waals surface area contributed by atoms with Crippen molar-refractivity contribution < 1.29 is 19.7 Å². The number of ether oxygens (including phenoxy) is 1. The normalized spacial score (nSPS) is 25.3. The van der Waals surface area contributed by atoms with Crippen molar-refractivity contribution in [2.45, 2.75) is 12.6 Å². The molecule has 0 bridgehead atoms. The maximum absolute atomic E-state index is 11.5. The summed E-state index contributed by atoms with van der Waals surface area (Å²) in [4.78, 5) is 16.6. The Morgan fingerprint density at radius 3 is 3.00 bits per heavy atom. The van der Waals surface area contributed by atoms with Crippen LogP contribution in [0.2, 0.25) is 0 Å². The van der Waals surface area contributed by atoms with Gasteiger partial charge in [-0.15, -0.1) is 0 Å². The monoisotopic (exact) mass is 228 g/mol. The van der Waals surface area contributed by atoms with E-state index in [1.54, 1.807) is 0 Å². The summed E-state index contributed by atoms with van der Waals surface area (Å²) in [5.41, 5.74) is 5.32. The number of guanidine groups is 1. The summed E-state index contributed by atoms with van der Waals surface area (Å²) in [6.45, 7) is -0.336. The number of aliphatic hydroxyl groups excluding tert-OH is 2. The molecule has 2 amide bonds. The lowest BCUT2D eigenvalue weighted by Gasteiger charge is -2.29. The number of nitrogens with zero attached hydrogens (tertiary/aromatic N) is 2. The first-order valence-electron chi connectivity index (χ1n) is 4.68. The number of urea groups is 1. The van der Waals surface area contributed by atoms with E-state index in [1.165, 1.54) is 4.90 Å². The predicted molar refractivity (Wildman–Crippen MR) is 53.1 cm³/mol. The van der Waals surface area contributed by atoms with Crippen molar-refractivity contribution >= 4 is 12.0 Å². The van der Waals surface area contributed by atoms with Gasteiger partial charge in [0.05, 0.1) is 6.42 Å². The molecule has 0 radical (unpaired) electrons. The van der Waals surface area contributed by atoms with Crippen LogP contribution in [0.1, 0.15) is 6.42 Å². The number of nitrogens with two attached hydrogens (primary N) is 1. The lowest BCUT2D eigenvalue weighted by atomic mass is 10.3. The SMILES string of the molecule is NC1=NCN([C@H]2CC(O)=C(CO)O2)C(=O)N1. The van der Waals surface area contributed by atoms with E-state index in [9.17, 15) is 9.90 Å². The summed E-state index contributed by atoms with van der Waals surface area (Å²) in [7, 11) is 0. The van der Waals surface area contributed by atoms with Crippen LogP contribution in [0, 0.1) is 0 Å². The van der Waals surface area contributed by atoms with Crippen LogP contribution in [-0.2, 0) is 4.74 Å². The summed E-state index contributed by atoms with van der Waals surface area (Å²) in [5, 5.41) is 20.6. The number of carbonyl (C=O) groups excluding carboxylic acids is 1. The number of rotatable bonds is 2. The molecule has 2 heterocycles. The molecule has 0 spiro atoms. The summed E-state index contributed by atoms with van der Waals surface area (Å²) >= 11 is 0. The van der Waals surface area contributed by atoms with E-state index < -0.39 is 18.9 Å². The fourth-order valence-corrected chi connectivity index (χ4v) is 1.51. The topological polar surface area (TPSA) is 120 Å². The number of nitrogens with one attached hydrogen (secondary N) is 1. The second-order valence-electron chi connectivity index (χ2n) is 3.39. The molecule has 2 aliphatic heterocycles. The number of hydrogen-bond acceptors (Lipinski definition) is 6. The van der Waals surface area contributed by atoms with E-state index in [4.69, 9.17) is 15.6 Å². The average Bonchev–Trinajstić information content (AvgIpc) is 2.59. The van der Waals surface area contributed by atoms with Crippen molar-refractivity contribution in [3.05, 3.63) is 11.5 Å². The van der Waals surface area contributed by atoms with Gasteiger partial charge in [-0.3, -0.25) is 10.2 Å². The molecule has 16 heavy (non-hydrogen) atoms. The minimum absolute atomic E-state index is 0.0529. The lowest BCUT2D eigenvalue weighted by Crippen LogP contribution is -2.54. The molecule has 8 heteroatoms. The van der Waals surface area contributed by atoms with Gasteiger partial charge in [-0.1, -0.05) is 0 Å². The summed E-state index contributed by atoms with van der Waals surface area (Å²) < 4.78 is 5.20. The first-order chi connectivity index (χ1) is 7.61. The van der Waals surface area contributed by atoms with Crippen LogP contribution >= 0.6 is 0 Å². The highest BCUT2D eigenvalue weighted by molar-refractivity contribution is 5.96. The molecule has 2 rings (SSSR count). The molecule has 5 N–H and O–H groups in total. The predicted octanol–water partition coefficient (Wildman–Crippen LogP) is -1.21. The van der Waals surface area contributed by atoms with Crippen LogP contribution in [0.5, 0.6) is 0 Å². The molecular formula is C8H12N4O4. The molecule has 1 atom stereocenters.